The Labute approximate surface area is 110 Å². The molecule has 1 N–H and O–H groups in total. The molecule has 0 radical (unpaired) electrons. The number of nitrogens with one attached hydrogen (secondary N) is 1. The van der Waals surface area contributed by atoms with Gasteiger partial charge in [-0.2, -0.15) is 0 Å². The van der Waals surface area contributed by atoms with Crippen LogP contribution in [0.3, 0.4) is 0 Å². The summed E-state index contributed by atoms with van der Waals surface area (Å²) in [5.74, 6) is 0.841. The van der Waals surface area contributed by atoms with E-state index in [-0.39, 0.29) is 12.0 Å². The second-order valence-corrected chi connectivity index (χ2v) is 7.58. The first-order chi connectivity index (χ1) is 8.41. The molecule has 4 heteroatoms. The maximum Gasteiger partial charge on any atom is 0.150 e. The van der Waals surface area contributed by atoms with E-state index in [1.807, 2.05) is 7.05 Å². The zero-order valence-electron chi connectivity index (χ0n) is 11.2. The third-order valence-corrected chi connectivity index (χ3v) is 5.45. The van der Waals surface area contributed by atoms with Gasteiger partial charge in [-0.1, -0.05) is 29.3 Å². The summed E-state index contributed by atoms with van der Waals surface area (Å²) in [6.45, 7) is 4.16. The van der Waals surface area contributed by atoms with Gasteiger partial charge in [-0.3, -0.25) is 0 Å². The molecule has 18 heavy (non-hydrogen) atoms. The normalized spacial score (nSPS) is 24.1. The molecular formula is C14H21NO2S. The van der Waals surface area contributed by atoms with E-state index in [0.29, 0.717) is 11.5 Å². The zero-order valence-corrected chi connectivity index (χ0v) is 12.0. The highest BCUT2D eigenvalue weighted by Crippen LogP contribution is 2.31. The van der Waals surface area contributed by atoms with E-state index in [2.05, 4.69) is 37.4 Å². The Morgan fingerprint density at radius 1 is 1.22 bits per heavy atom. The van der Waals surface area contributed by atoms with Gasteiger partial charge in [0.1, 0.15) is 0 Å². The Bertz CT molecular complexity index is 516. The Balaban J connectivity index is 2.28. The molecule has 1 fully saturated rings. The van der Waals surface area contributed by atoms with Crippen LogP contribution >= 0.6 is 0 Å². The van der Waals surface area contributed by atoms with Crippen LogP contribution in [0.4, 0.5) is 0 Å². The first-order valence-corrected chi connectivity index (χ1v) is 8.19. The average Bonchev–Trinajstić information content (AvgIpc) is 2.58. The molecule has 0 amide bonds. The Hall–Kier alpha value is -0.870. The predicted molar refractivity (Wildman–Crippen MR) is 74.5 cm³/mol. The number of rotatable bonds is 3. The van der Waals surface area contributed by atoms with E-state index >= 15 is 0 Å². The topological polar surface area (TPSA) is 46.2 Å². The lowest BCUT2D eigenvalue weighted by atomic mass is 9.91. The van der Waals surface area contributed by atoms with Crippen LogP contribution in [-0.4, -0.2) is 27.0 Å². The number of benzene rings is 1. The molecule has 0 spiro atoms. The minimum atomic E-state index is -2.82. The van der Waals surface area contributed by atoms with Gasteiger partial charge in [0.05, 0.1) is 11.5 Å². The molecule has 1 saturated heterocycles. The lowest BCUT2D eigenvalue weighted by Gasteiger charge is -2.23. The summed E-state index contributed by atoms with van der Waals surface area (Å²) >= 11 is 0. The minimum Gasteiger partial charge on any atom is -0.313 e. The lowest BCUT2D eigenvalue weighted by Crippen LogP contribution is -2.26. The average molecular weight is 267 g/mol. The molecule has 100 valence electrons. The van der Waals surface area contributed by atoms with Gasteiger partial charge in [-0.05, 0) is 38.8 Å². The highest BCUT2D eigenvalue weighted by Gasteiger charge is 2.33. The maximum atomic E-state index is 11.6. The van der Waals surface area contributed by atoms with Crippen molar-refractivity contribution >= 4 is 9.84 Å². The fourth-order valence-corrected chi connectivity index (χ4v) is 4.79. The molecule has 0 saturated carbocycles. The largest absolute Gasteiger partial charge is 0.313 e. The molecule has 1 aromatic carbocycles. The molecule has 0 bridgehead atoms. The number of hydrogen-bond donors (Lipinski definition) is 1. The van der Waals surface area contributed by atoms with Crippen molar-refractivity contribution in [3.05, 3.63) is 34.9 Å². The fourth-order valence-electron chi connectivity index (χ4n) is 2.95. The van der Waals surface area contributed by atoms with Gasteiger partial charge in [0.2, 0.25) is 0 Å². The molecule has 1 aromatic rings. The van der Waals surface area contributed by atoms with Crippen LogP contribution < -0.4 is 5.32 Å². The summed E-state index contributed by atoms with van der Waals surface area (Å²) < 4.78 is 23.2. The first kappa shape index (κ1) is 13.6. The van der Waals surface area contributed by atoms with Crippen molar-refractivity contribution < 1.29 is 8.42 Å². The van der Waals surface area contributed by atoms with E-state index in [9.17, 15) is 8.42 Å². The molecular weight excluding hydrogens is 246 g/mol. The highest BCUT2D eigenvalue weighted by atomic mass is 32.2. The van der Waals surface area contributed by atoms with Gasteiger partial charge in [0.25, 0.3) is 0 Å². The number of hydrogen-bond acceptors (Lipinski definition) is 3. The summed E-state index contributed by atoms with van der Waals surface area (Å²) in [5, 5.41) is 3.29. The van der Waals surface area contributed by atoms with Crippen molar-refractivity contribution in [3.8, 4) is 0 Å². The van der Waals surface area contributed by atoms with Gasteiger partial charge in [-0.15, -0.1) is 0 Å². The Morgan fingerprint density at radius 3 is 2.28 bits per heavy atom. The molecule has 1 aliphatic rings. The van der Waals surface area contributed by atoms with Crippen LogP contribution in [-0.2, 0) is 9.84 Å². The highest BCUT2D eigenvalue weighted by molar-refractivity contribution is 7.91. The van der Waals surface area contributed by atoms with E-state index in [4.69, 9.17) is 0 Å². The van der Waals surface area contributed by atoms with Gasteiger partial charge < -0.3 is 5.32 Å². The molecule has 0 aliphatic carbocycles. The smallest absolute Gasteiger partial charge is 0.150 e. The van der Waals surface area contributed by atoms with Gasteiger partial charge in [-0.25, -0.2) is 8.42 Å². The summed E-state index contributed by atoms with van der Waals surface area (Å²) in [4.78, 5) is 0. The fraction of sp³-hybridized carbons (Fsp3) is 0.571. The third kappa shape index (κ3) is 2.93. The van der Waals surface area contributed by atoms with Crippen LogP contribution in [0.25, 0.3) is 0 Å². The second kappa shape index (κ2) is 5.02. The quantitative estimate of drug-likeness (QED) is 0.911. The second-order valence-electron chi connectivity index (χ2n) is 5.35. The van der Waals surface area contributed by atoms with Crippen molar-refractivity contribution in [2.45, 2.75) is 26.3 Å². The van der Waals surface area contributed by atoms with E-state index in [1.165, 1.54) is 16.7 Å². The number of sulfone groups is 1. The summed E-state index contributed by atoms with van der Waals surface area (Å²) in [7, 11) is -0.909. The monoisotopic (exact) mass is 267 g/mol. The van der Waals surface area contributed by atoms with Crippen LogP contribution in [0.2, 0.25) is 0 Å². The predicted octanol–water partition coefficient (Wildman–Crippen LogP) is 2.00. The van der Waals surface area contributed by atoms with E-state index in [1.54, 1.807) is 0 Å². The standard InChI is InChI=1S/C14H21NO2S/c1-10-6-11(2)8-13(7-10)14(15-3)12-4-5-18(16,17)9-12/h6-8,12,14-15H,4-5,9H2,1-3H3. The van der Waals surface area contributed by atoms with Crippen molar-refractivity contribution in [1.82, 2.24) is 5.32 Å². The van der Waals surface area contributed by atoms with Crippen molar-refractivity contribution in [1.29, 1.82) is 0 Å². The molecule has 0 aromatic heterocycles. The SMILES string of the molecule is CNC(c1cc(C)cc(C)c1)C1CCS(=O)(=O)C1. The molecule has 1 heterocycles. The van der Waals surface area contributed by atoms with Crippen molar-refractivity contribution in [3.63, 3.8) is 0 Å². The van der Waals surface area contributed by atoms with E-state index in [0.717, 1.165) is 6.42 Å². The Morgan fingerprint density at radius 2 is 1.83 bits per heavy atom. The van der Waals surface area contributed by atoms with Crippen LogP contribution in [0, 0.1) is 19.8 Å². The van der Waals surface area contributed by atoms with Crippen LogP contribution in [0.15, 0.2) is 18.2 Å². The first-order valence-electron chi connectivity index (χ1n) is 6.37. The van der Waals surface area contributed by atoms with Gasteiger partial charge in [0, 0.05) is 6.04 Å². The van der Waals surface area contributed by atoms with Crippen molar-refractivity contribution in [2.24, 2.45) is 5.92 Å². The maximum absolute atomic E-state index is 11.6. The van der Waals surface area contributed by atoms with Gasteiger partial charge in [0.15, 0.2) is 9.84 Å². The lowest BCUT2D eigenvalue weighted by molar-refractivity contribution is 0.418. The van der Waals surface area contributed by atoms with Crippen LogP contribution in [0.5, 0.6) is 0 Å². The molecule has 1 aliphatic heterocycles. The molecule has 2 unspecified atom stereocenters. The van der Waals surface area contributed by atoms with E-state index < -0.39 is 9.84 Å². The molecule has 2 atom stereocenters. The summed E-state index contributed by atoms with van der Waals surface area (Å²) in [6.07, 6.45) is 0.765. The zero-order chi connectivity index (χ0) is 13.3. The molecule has 3 nitrogen and oxygen atoms in total. The van der Waals surface area contributed by atoms with Crippen molar-refractivity contribution in [2.75, 3.05) is 18.6 Å². The van der Waals surface area contributed by atoms with Gasteiger partial charge >= 0.3 is 0 Å². The minimum absolute atomic E-state index is 0.140. The third-order valence-electron chi connectivity index (χ3n) is 3.65. The Kier molecular flexibility index (Phi) is 3.78. The van der Waals surface area contributed by atoms with Crippen LogP contribution in [0.1, 0.15) is 29.2 Å². The summed E-state index contributed by atoms with van der Waals surface area (Å²) in [5.41, 5.74) is 3.66. The number of aryl methyl sites for hydroxylation is 2. The summed E-state index contributed by atoms with van der Waals surface area (Å²) in [6, 6.07) is 6.58. The molecule has 2 rings (SSSR count).